The van der Waals surface area contributed by atoms with Crippen LogP contribution in [0.4, 0.5) is 5.69 Å². The third-order valence-electron chi connectivity index (χ3n) is 3.37. The first kappa shape index (κ1) is 14.2. The fraction of sp³-hybridized carbons (Fsp3) is 0.250. The van der Waals surface area contributed by atoms with Crippen LogP contribution in [0, 0.1) is 10.1 Å². The van der Waals surface area contributed by atoms with Gasteiger partial charge in [0.05, 0.1) is 11.0 Å². The van der Waals surface area contributed by atoms with E-state index in [4.69, 9.17) is 0 Å². The van der Waals surface area contributed by atoms with Crippen LogP contribution in [0.5, 0.6) is 0 Å². The maximum absolute atomic E-state index is 10.6. The Labute approximate surface area is 117 Å². The molecule has 0 fully saturated rings. The van der Waals surface area contributed by atoms with E-state index in [0.717, 1.165) is 23.1 Å². The molecule has 0 saturated carbocycles. The van der Waals surface area contributed by atoms with Crippen molar-refractivity contribution in [1.82, 2.24) is 0 Å². The second-order valence-electron chi connectivity index (χ2n) is 4.70. The molecule has 0 radical (unpaired) electrons. The quantitative estimate of drug-likeness (QED) is 0.669. The van der Waals surface area contributed by atoms with Crippen molar-refractivity contribution in [3.05, 3.63) is 75.3 Å². The van der Waals surface area contributed by atoms with Gasteiger partial charge in [0.1, 0.15) is 0 Å². The number of benzene rings is 2. The van der Waals surface area contributed by atoms with Gasteiger partial charge in [-0.1, -0.05) is 43.3 Å². The summed E-state index contributed by atoms with van der Waals surface area (Å²) < 4.78 is 0. The Hall–Kier alpha value is -2.20. The van der Waals surface area contributed by atoms with Crippen molar-refractivity contribution >= 4 is 5.69 Å². The van der Waals surface area contributed by atoms with Crippen molar-refractivity contribution in [1.29, 1.82) is 0 Å². The van der Waals surface area contributed by atoms with E-state index in [0.29, 0.717) is 6.42 Å². The molecule has 2 rings (SSSR count). The maximum atomic E-state index is 10.6. The molecule has 0 heterocycles. The SMILES string of the molecule is CCc1ccccc1C(O)Cc1ccc([N+](=O)[O-])cc1. The molecule has 104 valence electrons. The van der Waals surface area contributed by atoms with Gasteiger partial charge in [-0.2, -0.15) is 0 Å². The molecule has 2 aromatic carbocycles. The zero-order valence-corrected chi connectivity index (χ0v) is 11.3. The lowest BCUT2D eigenvalue weighted by Crippen LogP contribution is -2.05. The van der Waals surface area contributed by atoms with E-state index in [1.165, 1.54) is 12.1 Å². The molecular formula is C16H17NO3. The van der Waals surface area contributed by atoms with Gasteiger partial charge < -0.3 is 5.11 Å². The Bertz CT molecular complexity index is 593. The van der Waals surface area contributed by atoms with Crippen LogP contribution in [0.1, 0.15) is 29.7 Å². The summed E-state index contributed by atoms with van der Waals surface area (Å²) in [5, 5.41) is 20.9. The van der Waals surface area contributed by atoms with Crippen LogP contribution in [-0.4, -0.2) is 10.0 Å². The number of nitro benzene ring substituents is 1. The molecule has 4 heteroatoms. The summed E-state index contributed by atoms with van der Waals surface area (Å²) in [5.74, 6) is 0. The molecule has 0 spiro atoms. The van der Waals surface area contributed by atoms with Crippen molar-refractivity contribution < 1.29 is 10.0 Å². The Kier molecular flexibility index (Phi) is 4.48. The monoisotopic (exact) mass is 271 g/mol. The van der Waals surface area contributed by atoms with Gasteiger partial charge in [-0.25, -0.2) is 0 Å². The highest BCUT2D eigenvalue weighted by Crippen LogP contribution is 2.23. The van der Waals surface area contributed by atoms with Gasteiger partial charge in [0, 0.05) is 18.6 Å². The summed E-state index contributed by atoms with van der Waals surface area (Å²) >= 11 is 0. The van der Waals surface area contributed by atoms with E-state index in [2.05, 4.69) is 6.92 Å². The van der Waals surface area contributed by atoms with Crippen LogP contribution in [0.2, 0.25) is 0 Å². The molecule has 0 saturated heterocycles. The highest BCUT2D eigenvalue weighted by molar-refractivity contribution is 5.35. The third kappa shape index (κ3) is 3.22. The van der Waals surface area contributed by atoms with Gasteiger partial charge in [-0.05, 0) is 23.1 Å². The molecule has 0 aromatic heterocycles. The van der Waals surface area contributed by atoms with Crippen LogP contribution in [-0.2, 0) is 12.8 Å². The smallest absolute Gasteiger partial charge is 0.269 e. The number of non-ortho nitro benzene ring substituents is 1. The number of aliphatic hydroxyl groups excluding tert-OH is 1. The zero-order valence-electron chi connectivity index (χ0n) is 11.3. The molecule has 2 aromatic rings. The number of hydrogen-bond donors (Lipinski definition) is 1. The molecule has 0 bridgehead atoms. The minimum atomic E-state index is -0.590. The minimum absolute atomic E-state index is 0.0669. The van der Waals surface area contributed by atoms with Crippen LogP contribution in [0.3, 0.4) is 0 Å². The second kappa shape index (κ2) is 6.30. The van der Waals surface area contributed by atoms with Gasteiger partial charge in [0.25, 0.3) is 5.69 Å². The first-order valence-corrected chi connectivity index (χ1v) is 6.61. The van der Waals surface area contributed by atoms with E-state index >= 15 is 0 Å². The van der Waals surface area contributed by atoms with Gasteiger partial charge in [-0.15, -0.1) is 0 Å². The topological polar surface area (TPSA) is 63.4 Å². The predicted octanol–water partition coefficient (Wildman–Crippen LogP) is 3.43. The Morgan fingerprint density at radius 3 is 2.40 bits per heavy atom. The average Bonchev–Trinajstić information content (AvgIpc) is 2.47. The summed E-state index contributed by atoms with van der Waals surface area (Å²) in [4.78, 5) is 10.2. The van der Waals surface area contributed by atoms with E-state index in [1.54, 1.807) is 12.1 Å². The van der Waals surface area contributed by atoms with Crippen molar-refractivity contribution in [2.75, 3.05) is 0 Å². The molecule has 0 aliphatic rings. The first-order chi connectivity index (χ1) is 9.61. The van der Waals surface area contributed by atoms with Gasteiger partial charge in [-0.3, -0.25) is 10.1 Å². The second-order valence-corrected chi connectivity index (χ2v) is 4.70. The fourth-order valence-electron chi connectivity index (χ4n) is 2.27. The van der Waals surface area contributed by atoms with Gasteiger partial charge >= 0.3 is 0 Å². The van der Waals surface area contributed by atoms with E-state index in [1.807, 2.05) is 24.3 Å². The number of aryl methyl sites for hydroxylation is 1. The van der Waals surface area contributed by atoms with E-state index < -0.39 is 11.0 Å². The highest BCUT2D eigenvalue weighted by Gasteiger charge is 2.12. The number of rotatable bonds is 5. The van der Waals surface area contributed by atoms with Crippen LogP contribution in [0.25, 0.3) is 0 Å². The molecule has 4 nitrogen and oxygen atoms in total. The van der Waals surface area contributed by atoms with Crippen LogP contribution < -0.4 is 0 Å². The molecular weight excluding hydrogens is 254 g/mol. The number of aliphatic hydroxyl groups is 1. The van der Waals surface area contributed by atoms with Gasteiger partial charge in [0.15, 0.2) is 0 Å². The largest absolute Gasteiger partial charge is 0.388 e. The molecule has 0 aliphatic heterocycles. The summed E-state index contributed by atoms with van der Waals surface area (Å²) in [6.45, 7) is 2.05. The highest BCUT2D eigenvalue weighted by atomic mass is 16.6. The van der Waals surface area contributed by atoms with Crippen molar-refractivity contribution in [2.45, 2.75) is 25.9 Å². The van der Waals surface area contributed by atoms with Crippen molar-refractivity contribution in [2.24, 2.45) is 0 Å². The summed E-state index contributed by atoms with van der Waals surface area (Å²) in [6, 6.07) is 14.1. The Morgan fingerprint density at radius 2 is 1.80 bits per heavy atom. The lowest BCUT2D eigenvalue weighted by atomic mass is 9.96. The third-order valence-corrected chi connectivity index (χ3v) is 3.37. The van der Waals surface area contributed by atoms with Crippen molar-refractivity contribution in [3.8, 4) is 0 Å². The lowest BCUT2D eigenvalue weighted by Gasteiger charge is -2.14. The normalized spacial score (nSPS) is 12.1. The minimum Gasteiger partial charge on any atom is -0.388 e. The van der Waals surface area contributed by atoms with Crippen LogP contribution >= 0.6 is 0 Å². The predicted molar refractivity (Wildman–Crippen MR) is 77.6 cm³/mol. The lowest BCUT2D eigenvalue weighted by molar-refractivity contribution is -0.384. The van der Waals surface area contributed by atoms with Gasteiger partial charge in [0.2, 0.25) is 0 Å². The molecule has 1 unspecified atom stereocenters. The first-order valence-electron chi connectivity index (χ1n) is 6.61. The molecule has 1 atom stereocenters. The van der Waals surface area contributed by atoms with E-state index in [-0.39, 0.29) is 5.69 Å². The Balaban J connectivity index is 2.14. The Morgan fingerprint density at radius 1 is 1.15 bits per heavy atom. The summed E-state index contributed by atoms with van der Waals surface area (Å²) in [6.07, 6.45) is 0.732. The molecule has 0 aliphatic carbocycles. The van der Waals surface area contributed by atoms with Crippen LogP contribution in [0.15, 0.2) is 48.5 Å². The molecule has 1 N–H and O–H groups in total. The average molecular weight is 271 g/mol. The molecule has 0 amide bonds. The fourth-order valence-corrected chi connectivity index (χ4v) is 2.27. The van der Waals surface area contributed by atoms with E-state index in [9.17, 15) is 15.2 Å². The standard InChI is InChI=1S/C16H17NO3/c1-2-13-5-3-4-6-15(13)16(18)11-12-7-9-14(10-8-12)17(19)20/h3-10,16,18H,2,11H2,1H3. The number of hydrogen-bond acceptors (Lipinski definition) is 3. The maximum Gasteiger partial charge on any atom is 0.269 e. The number of nitrogens with zero attached hydrogens (tertiary/aromatic N) is 1. The summed E-state index contributed by atoms with van der Waals surface area (Å²) in [7, 11) is 0. The molecule has 20 heavy (non-hydrogen) atoms. The summed E-state index contributed by atoms with van der Waals surface area (Å²) in [5.41, 5.74) is 3.00. The van der Waals surface area contributed by atoms with Crippen molar-refractivity contribution in [3.63, 3.8) is 0 Å². The number of nitro groups is 1. The zero-order chi connectivity index (χ0) is 14.5.